The van der Waals surface area contributed by atoms with Crippen molar-refractivity contribution in [1.29, 1.82) is 0 Å². The molecule has 0 saturated carbocycles. The maximum absolute atomic E-state index is 12.0. The zero-order valence-corrected chi connectivity index (χ0v) is 14.0. The van der Waals surface area contributed by atoms with Crippen molar-refractivity contribution in [2.24, 2.45) is 0 Å². The molecule has 22 heavy (non-hydrogen) atoms. The lowest BCUT2D eigenvalue weighted by molar-refractivity contribution is -0.127. The summed E-state index contributed by atoms with van der Waals surface area (Å²) in [5.74, 6) is 0.0735. The highest BCUT2D eigenvalue weighted by Crippen LogP contribution is 2.34. The SMILES string of the molecule is C[C@@H](Oc1cc(Cl)c(Cl)cc1Cl)C(=O)NCc1ccccc1. The molecule has 0 unspecified atom stereocenters. The number of nitrogens with one attached hydrogen (secondary N) is 1. The average molecular weight is 359 g/mol. The van der Waals surface area contributed by atoms with E-state index in [0.29, 0.717) is 27.4 Å². The number of hydrogen-bond donors (Lipinski definition) is 1. The van der Waals surface area contributed by atoms with Gasteiger partial charge in [0.25, 0.3) is 5.91 Å². The largest absolute Gasteiger partial charge is 0.479 e. The summed E-state index contributed by atoms with van der Waals surface area (Å²) in [5.41, 5.74) is 1.01. The Morgan fingerprint density at radius 2 is 1.73 bits per heavy atom. The van der Waals surface area contributed by atoms with Crippen molar-refractivity contribution >= 4 is 40.7 Å². The standard InChI is InChI=1S/C16H14Cl3NO2/c1-10(16(21)20-9-11-5-3-2-4-6-11)22-15-8-13(18)12(17)7-14(15)19/h2-8,10H,9H2,1H3,(H,20,21)/t10-/m1/s1. The second-order valence-corrected chi connectivity index (χ2v) is 5.88. The molecule has 0 aliphatic carbocycles. The van der Waals surface area contributed by atoms with Gasteiger partial charge in [-0.2, -0.15) is 0 Å². The molecule has 0 aromatic heterocycles. The van der Waals surface area contributed by atoms with Gasteiger partial charge in [-0.3, -0.25) is 4.79 Å². The van der Waals surface area contributed by atoms with Crippen molar-refractivity contribution in [2.45, 2.75) is 19.6 Å². The van der Waals surface area contributed by atoms with E-state index in [9.17, 15) is 4.79 Å². The Hall–Kier alpha value is -1.42. The molecule has 3 nitrogen and oxygen atoms in total. The number of rotatable bonds is 5. The van der Waals surface area contributed by atoms with E-state index in [1.165, 1.54) is 12.1 Å². The fourth-order valence-corrected chi connectivity index (χ4v) is 2.35. The number of halogens is 3. The minimum atomic E-state index is -0.710. The first kappa shape index (κ1) is 16.9. The molecule has 0 bridgehead atoms. The van der Waals surface area contributed by atoms with Gasteiger partial charge in [0.1, 0.15) is 5.75 Å². The Morgan fingerprint density at radius 1 is 1.09 bits per heavy atom. The molecule has 116 valence electrons. The Labute approximate surface area is 144 Å². The quantitative estimate of drug-likeness (QED) is 0.785. The number of carbonyl (C=O) groups is 1. The molecule has 1 amide bonds. The van der Waals surface area contributed by atoms with Crippen molar-refractivity contribution in [3.05, 3.63) is 63.1 Å². The number of amides is 1. The van der Waals surface area contributed by atoms with Crippen LogP contribution in [0.2, 0.25) is 15.1 Å². The van der Waals surface area contributed by atoms with Gasteiger partial charge >= 0.3 is 0 Å². The Bertz CT molecular complexity index is 662. The highest BCUT2D eigenvalue weighted by atomic mass is 35.5. The predicted octanol–water partition coefficient (Wildman–Crippen LogP) is 4.73. The minimum Gasteiger partial charge on any atom is -0.479 e. The van der Waals surface area contributed by atoms with Crippen LogP contribution in [0, 0.1) is 0 Å². The first-order valence-corrected chi connectivity index (χ1v) is 7.73. The molecule has 0 aliphatic rings. The number of benzene rings is 2. The van der Waals surface area contributed by atoms with Crippen molar-refractivity contribution in [2.75, 3.05) is 0 Å². The number of ether oxygens (including phenoxy) is 1. The second kappa shape index (κ2) is 7.73. The highest BCUT2D eigenvalue weighted by Gasteiger charge is 2.17. The van der Waals surface area contributed by atoms with Gasteiger partial charge in [0.2, 0.25) is 0 Å². The van der Waals surface area contributed by atoms with Gasteiger partial charge in [0.05, 0.1) is 15.1 Å². The summed E-state index contributed by atoms with van der Waals surface area (Å²) >= 11 is 17.8. The normalized spacial score (nSPS) is 11.8. The molecular formula is C16H14Cl3NO2. The smallest absolute Gasteiger partial charge is 0.261 e. The van der Waals surface area contributed by atoms with E-state index in [-0.39, 0.29) is 5.91 Å². The van der Waals surface area contributed by atoms with Crippen LogP contribution >= 0.6 is 34.8 Å². The van der Waals surface area contributed by atoms with Crippen LogP contribution < -0.4 is 10.1 Å². The number of carbonyl (C=O) groups excluding carboxylic acids is 1. The van der Waals surface area contributed by atoms with Crippen LogP contribution in [-0.2, 0) is 11.3 Å². The molecule has 2 aromatic carbocycles. The van der Waals surface area contributed by atoms with Gasteiger partial charge in [0, 0.05) is 12.6 Å². The molecule has 6 heteroatoms. The van der Waals surface area contributed by atoms with Crippen molar-refractivity contribution in [3.63, 3.8) is 0 Å². The molecule has 0 spiro atoms. The first-order chi connectivity index (χ1) is 10.5. The summed E-state index contributed by atoms with van der Waals surface area (Å²) in [4.78, 5) is 12.0. The van der Waals surface area contributed by atoms with E-state index in [0.717, 1.165) is 5.56 Å². The second-order valence-electron chi connectivity index (χ2n) is 4.66. The van der Waals surface area contributed by atoms with E-state index in [1.54, 1.807) is 6.92 Å². The molecule has 0 radical (unpaired) electrons. The molecule has 2 aromatic rings. The minimum absolute atomic E-state index is 0.244. The zero-order chi connectivity index (χ0) is 16.1. The lowest BCUT2D eigenvalue weighted by Crippen LogP contribution is -2.35. The summed E-state index contributed by atoms with van der Waals surface area (Å²) < 4.78 is 5.54. The lowest BCUT2D eigenvalue weighted by atomic mass is 10.2. The van der Waals surface area contributed by atoms with Gasteiger partial charge in [-0.05, 0) is 18.6 Å². The lowest BCUT2D eigenvalue weighted by Gasteiger charge is -2.16. The van der Waals surface area contributed by atoms with Crippen LogP contribution in [-0.4, -0.2) is 12.0 Å². The van der Waals surface area contributed by atoms with Crippen molar-refractivity contribution in [1.82, 2.24) is 5.32 Å². The number of hydrogen-bond acceptors (Lipinski definition) is 2. The van der Waals surface area contributed by atoms with Gasteiger partial charge in [0.15, 0.2) is 6.10 Å². The van der Waals surface area contributed by atoms with Gasteiger partial charge in [-0.1, -0.05) is 65.1 Å². The molecule has 0 fully saturated rings. The molecule has 0 saturated heterocycles. The highest BCUT2D eigenvalue weighted by molar-refractivity contribution is 6.43. The third-order valence-corrected chi connectivity index (χ3v) is 3.97. The Kier molecular flexibility index (Phi) is 5.95. The predicted molar refractivity (Wildman–Crippen MR) is 89.9 cm³/mol. The first-order valence-electron chi connectivity index (χ1n) is 6.60. The maximum atomic E-state index is 12.0. The summed E-state index contributed by atoms with van der Waals surface area (Å²) in [6.45, 7) is 2.07. The molecule has 0 aliphatic heterocycles. The van der Waals surface area contributed by atoms with Crippen LogP contribution in [0.1, 0.15) is 12.5 Å². The van der Waals surface area contributed by atoms with Gasteiger partial charge in [-0.25, -0.2) is 0 Å². The summed E-state index contributed by atoms with van der Waals surface area (Å²) in [5, 5.41) is 3.75. The zero-order valence-electron chi connectivity index (χ0n) is 11.8. The fourth-order valence-electron chi connectivity index (χ4n) is 1.77. The Balaban J connectivity index is 1.95. The van der Waals surface area contributed by atoms with Crippen molar-refractivity contribution in [3.8, 4) is 5.75 Å². The topological polar surface area (TPSA) is 38.3 Å². The van der Waals surface area contributed by atoms with Crippen LogP contribution in [0.5, 0.6) is 5.75 Å². The fraction of sp³-hybridized carbons (Fsp3) is 0.188. The van der Waals surface area contributed by atoms with Gasteiger partial charge < -0.3 is 10.1 Å². The summed E-state index contributed by atoms with van der Waals surface area (Å²) in [6.07, 6.45) is -0.710. The van der Waals surface area contributed by atoms with E-state index < -0.39 is 6.10 Å². The van der Waals surface area contributed by atoms with Crippen LogP contribution in [0.25, 0.3) is 0 Å². The van der Waals surface area contributed by atoms with E-state index in [4.69, 9.17) is 39.5 Å². The molecule has 2 rings (SSSR count). The summed E-state index contributed by atoms with van der Waals surface area (Å²) in [6, 6.07) is 12.6. The molecular weight excluding hydrogens is 345 g/mol. The van der Waals surface area contributed by atoms with E-state index in [1.807, 2.05) is 30.3 Å². The van der Waals surface area contributed by atoms with E-state index in [2.05, 4.69) is 5.32 Å². The molecule has 0 heterocycles. The monoisotopic (exact) mass is 357 g/mol. The van der Waals surface area contributed by atoms with Crippen molar-refractivity contribution < 1.29 is 9.53 Å². The average Bonchev–Trinajstić information content (AvgIpc) is 2.51. The Morgan fingerprint density at radius 3 is 2.41 bits per heavy atom. The molecule has 1 N–H and O–H groups in total. The summed E-state index contributed by atoms with van der Waals surface area (Å²) in [7, 11) is 0. The van der Waals surface area contributed by atoms with E-state index >= 15 is 0 Å². The van der Waals surface area contributed by atoms with Crippen LogP contribution in [0.15, 0.2) is 42.5 Å². The maximum Gasteiger partial charge on any atom is 0.261 e. The third-order valence-electron chi connectivity index (χ3n) is 2.96. The molecule has 1 atom stereocenters. The van der Waals surface area contributed by atoms with Crippen LogP contribution in [0.3, 0.4) is 0 Å². The third kappa shape index (κ3) is 4.54. The van der Waals surface area contributed by atoms with Gasteiger partial charge in [-0.15, -0.1) is 0 Å². The van der Waals surface area contributed by atoms with Crippen LogP contribution in [0.4, 0.5) is 0 Å².